The van der Waals surface area contributed by atoms with Gasteiger partial charge in [0.15, 0.2) is 0 Å². The van der Waals surface area contributed by atoms with Crippen molar-refractivity contribution in [2.45, 2.75) is 45.1 Å². The molecule has 1 aliphatic carbocycles. The quantitative estimate of drug-likeness (QED) is 0.787. The summed E-state index contributed by atoms with van der Waals surface area (Å²) in [6, 6.07) is 0.425. The van der Waals surface area contributed by atoms with E-state index in [1.807, 2.05) is 4.90 Å². The first-order chi connectivity index (χ1) is 11.1. The molecule has 0 aromatic rings. The normalized spacial score (nSPS) is 25.6. The summed E-state index contributed by atoms with van der Waals surface area (Å²) in [5.41, 5.74) is 0. The maximum atomic E-state index is 12.5. The number of rotatable bonds is 4. The fourth-order valence-corrected chi connectivity index (χ4v) is 3.86. The monoisotopic (exact) mass is 322 g/mol. The lowest BCUT2D eigenvalue weighted by Crippen LogP contribution is -2.37. The zero-order valence-corrected chi connectivity index (χ0v) is 14.0. The van der Waals surface area contributed by atoms with Gasteiger partial charge in [-0.1, -0.05) is 12.8 Å². The summed E-state index contributed by atoms with van der Waals surface area (Å²) in [5.74, 6) is 1.14. The van der Waals surface area contributed by atoms with E-state index in [4.69, 9.17) is 9.47 Å². The van der Waals surface area contributed by atoms with Crippen molar-refractivity contribution in [1.29, 1.82) is 0 Å². The van der Waals surface area contributed by atoms with Gasteiger partial charge < -0.3 is 19.3 Å². The molecule has 0 spiro atoms. The molecule has 1 unspecified atom stereocenters. The van der Waals surface area contributed by atoms with E-state index in [-0.39, 0.29) is 17.7 Å². The molecule has 2 fully saturated rings. The Hall–Kier alpha value is -1.72. The van der Waals surface area contributed by atoms with Crippen LogP contribution in [0.4, 0.5) is 0 Å². The van der Waals surface area contributed by atoms with Crippen LogP contribution in [0.2, 0.25) is 0 Å². The lowest BCUT2D eigenvalue weighted by molar-refractivity contribution is -0.132. The molecule has 3 rings (SSSR count). The van der Waals surface area contributed by atoms with Crippen LogP contribution in [0.25, 0.3) is 0 Å². The fourth-order valence-electron chi connectivity index (χ4n) is 3.86. The molecule has 0 bridgehead atoms. The Balaban J connectivity index is 1.57. The van der Waals surface area contributed by atoms with E-state index in [0.717, 1.165) is 19.4 Å². The molecule has 6 heteroatoms. The highest BCUT2D eigenvalue weighted by Crippen LogP contribution is 2.30. The Morgan fingerprint density at radius 2 is 1.96 bits per heavy atom. The molecule has 1 saturated carbocycles. The number of allylic oxidation sites excluding steroid dienone is 1. The SMILES string of the molecule is CC1=C(C(=O)N(C)CC2CC(=O)N(C3CCCC3)C2)OCCO1. The third-order valence-corrected chi connectivity index (χ3v) is 5.05. The summed E-state index contributed by atoms with van der Waals surface area (Å²) >= 11 is 0. The smallest absolute Gasteiger partial charge is 0.292 e. The van der Waals surface area contributed by atoms with Gasteiger partial charge in [-0.25, -0.2) is 0 Å². The van der Waals surface area contributed by atoms with E-state index in [0.29, 0.717) is 43.7 Å². The molecule has 1 atom stereocenters. The van der Waals surface area contributed by atoms with Crippen LogP contribution >= 0.6 is 0 Å². The lowest BCUT2D eigenvalue weighted by atomic mass is 10.1. The van der Waals surface area contributed by atoms with Crippen LogP contribution in [0.3, 0.4) is 0 Å². The summed E-state index contributed by atoms with van der Waals surface area (Å²) in [6.45, 7) is 4.00. The Kier molecular flexibility index (Phi) is 4.78. The van der Waals surface area contributed by atoms with Gasteiger partial charge in [-0.15, -0.1) is 0 Å². The second-order valence-electron chi connectivity index (χ2n) is 6.82. The predicted molar refractivity (Wildman–Crippen MR) is 84.3 cm³/mol. The number of ether oxygens (including phenoxy) is 2. The largest absolute Gasteiger partial charge is 0.491 e. The molecule has 2 aliphatic heterocycles. The van der Waals surface area contributed by atoms with Gasteiger partial charge in [0.1, 0.15) is 19.0 Å². The second-order valence-corrected chi connectivity index (χ2v) is 6.82. The summed E-state index contributed by atoms with van der Waals surface area (Å²) in [7, 11) is 1.77. The average molecular weight is 322 g/mol. The molecule has 0 radical (unpaired) electrons. The molecule has 0 aromatic carbocycles. The first-order valence-electron chi connectivity index (χ1n) is 8.57. The van der Waals surface area contributed by atoms with Crippen molar-refractivity contribution in [3.63, 3.8) is 0 Å². The van der Waals surface area contributed by atoms with E-state index < -0.39 is 0 Å². The molecule has 128 valence electrons. The first-order valence-corrected chi connectivity index (χ1v) is 8.57. The van der Waals surface area contributed by atoms with Crippen molar-refractivity contribution in [1.82, 2.24) is 9.80 Å². The van der Waals surface area contributed by atoms with Gasteiger partial charge in [-0.05, 0) is 19.8 Å². The molecular formula is C17H26N2O4. The number of hydrogen-bond donors (Lipinski definition) is 0. The van der Waals surface area contributed by atoms with Crippen LogP contribution < -0.4 is 0 Å². The van der Waals surface area contributed by atoms with Crippen LogP contribution in [0.5, 0.6) is 0 Å². The minimum Gasteiger partial charge on any atom is -0.491 e. The molecule has 0 N–H and O–H groups in total. The second kappa shape index (κ2) is 6.81. The van der Waals surface area contributed by atoms with Gasteiger partial charge in [0, 0.05) is 38.5 Å². The highest BCUT2D eigenvalue weighted by atomic mass is 16.6. The van der Waals surface area contributed by atoms with E-state index in [1.54, 1.807) is 18.9 Å². The van der Waals surface area contributed by atoms with Crippen LogP contribution in [0.1, 0.15) is 39.0 Å². The number of carbonyl (C=O) groups excluding carboxylic acids is 2. The summed E-state index contributed by atoms with van der Waals surface area (Å²) < 4.78 is 10.8. The van der Waals surface area contributed by atoms with Crippen LogP contribution in [-0.4, -0.2) is 61.0 Å². The zero-order valence-electron chi connectivity index (χ0n) is 14.0. The minimum atomic E-state index is -0.158. The fraction of sp³-hybridized carbons (Fsp3) is 0.765. The third kappa shape index (κ3) is 3.46. The predicted octanol–water partition coefficient (Wildman–Crippen LogP) is 1.51. The van der Waals surface area contributed by atoms with E-state index >= 15 is 0 Å². The van der Waals surface area contributed by atoms with Gasteiger partial charge in [0.2, 0.25) is 11.7 Å². The molecule has 2 heterocycles. The van der Waals surface area contributed by atoms with E-state index in [1.165, 1.54) is 12.8 Å². The van der Waals surface area contributed by atoms with Crippen molar-refractivity contribution >= 4 is 11.8 Å². The minimum absolute atomic E-state index is 0.158. The average Bonchev–Trinajstić information content (AvgIpc) is 3.16. The summed E-state index contributed by atoms with van der Waals surface area (Å²) in [4.78, 5) is 28.4. The standard InChI is InChI=1S/C17H26N2O4/c1-12-16(23-8-7-22-12)17(21)18(2)10-13-9-15(20)19(11-13)14-5-3-4-6-14/h13-14H,3-11H2,1-2H3. The van der Waals surface area contributed by atoms with Crippen molar-refractivity contribution in [3.05, 3.63) is 11.5 Å². The van der Waals surface area contributed by atoms with Crippen molar-refractivity contribution < 1.29 is 19.1 Å². The van der Waals surface area contributed by atoms with Gasteiger partial charge in [0.05, 0.1) is 0 Å². The number of likely N-dealkylation sites (N-methyl/N-ethyl adjacent to an activating group) is 1. The molecule has 1 saturated heterocycles. The lowest BCUT2D eigenvalue weighted by Gasteiger charge is -2.27. The Bertz CT molecular complexity index is 511. The summed E-state index contributed by atoms with van der Waals surface area (Å²) in [5, 5.41) is 0. The summed E-state index contributed by atoms with van der Waals surface area (Å²) in [6.07, 6.45) is 5.25. The van der Waals surface area contributed by atoms with E-state index in [2.05, 4.69) is 0 Å². The number of likely N-dealkylation sites (tertiary alicyclic amines) is 1. The third-order valence-electron chi connectivity index (χ3n) is 5.05. The molecule has 23 heavy (non-hydrogen) atoms. The van der Waals surface area contributed by atoms with Gasteiger partial charge in [-0.3, -0.25) is 9.59 Å². The Morgan fingerprint density at radius 1 is 1.26 bits per heavy atom. The molecule has 2 amide bonds. The van der Waals surface area contributed by atoms with Gasteiger partial charge in [-0.2, -0.15) is 0 Å². The molecule has 6 nitrogen and oxygen atoms in total. The molecular weight excluding hydrogens is 296 g/mol. The maximum absolute atomic E-state index is 12.5. The first kappa shape index (κ1) is 16.1. The van der Waals surface area contributed by atoms with Gasteiger partial charge in [0.25, 0.3) is 5.91 Å². The van der Waals surface area contributed by atoms with Crippen LogP contribution in [0, 0.1) is 5.92 Å². The topological polar surface area (TPSA) is 59.1 Å². The number of amides is 2. The number of carbonyl (C=O) groups is 2. The molecule has 3 aliphatic rings. The Morgan fingerprint density at radius 3 is 2.65 bits per heavy atom. The zero-order chi connectivity index (χ0) is 16.4. The van der Waals surface area contributed by atoms with Crippen LogP contribution in [0.15, 0.2) is 11.5 Å². The highest BCUT2D eigenvalue weighted by molar-refractivity contribution is 5.92. The van der Waals surface area contributed by atoms with Crippen molar-refractivity contribution in [2.24, 2.45) is 5.92 Å². The maximum Gasteiger partial charge on any atom is 0.292 e. The van der Waals surface area contributed by atoms with Crippen LogP contribution in [-0.2, 0) is 19.1 Å². The number of nitrogens with zero attached hydrogens (tertiary/aromatic N) is 2. The van der Waals surface area contributed by atoms with E-state index in [9.17, 15) is 9.59 Å². The van der Waals surface area contributed by atoms with Crippen molar-refractivity contribution in [3.8, 4) is 0 Å². The Labute approximate surface area is 137 Å². The van der Waals surface area contributed by atoms with Gasteiger partial charge >= 0.3 is 0 Å². The molecule has 0 aromatic heterocycles. The van der Waals surface area contributed by atoms with Crippen molar-refractivity contribution in [2.75, 3.05) is 33.4 Å². The highest BCUT2D eigenvalue weighted by Gasteiger charge is 2.36. The number of hydrogen-bond acceptors (Lipinski definition) is 4.